The molecule has 0 saturated carbocycles. The molecule has 0 unspecified atom stereocenters. The Morgan fingerprint density at radius 3 is 2.44 bits per heavy atom. The first kappa shape index (κ1) is 29.1. The van der Waals surface area contributed by atoms with Gasteiger partial charge in [-0.3, -0.25) is 9.80 Å². The van der Waals surface area contributed by atoms with Gasteiger partial charge in [0.15, 0.2) is 11.6 Å². The normalized spacial score (nSPS) is 20.0. The SMILES string of the molecule is O=S(=O)(CCCN1CCOCC1)N1CCN(Cc2cc3nc(-c4cccc5[nH]ccc45)nc(N4CCOCC4)c3s2)CC1. The Bertz CT molecular complexity index is 1650. The van der Waals surface area contributed by atoms with Crippen LogP contribution in [0.2, 0.25) is 0 Å². The molecule has 0 aliphatic carbocycles. The number of nitrogens with one attached hydrogen (secondary N) is 1. The fraction of sp³-hybridized carbons (Fsp3) is 0.533. The third kappa shape index (κ3) is 6.44. The molecule has 230 valence electrons. The fourth-order valence-electron chi connectivity index (χ4n) is 6.24. The second kappa shape index (κ2) is 12.8. The molecule has 0 atom stereocenters. The van der Waals surface area contributed by atoms with Gasteiger partial charge in [0.2, 0.25) is 10.0 Å². The van der Waals surface area contributed by atoms with Gasteiger partial charge in [-0.2, -0.15) is 4.31 Å². The quantitative estimate of drug-likeness (QED) is 0.301. The van der Waals surface area contributed by atoms with Crippen molar-refractivity contribution in [3.8, 4) is 11.4 Å². The van der Waals surface area contributed by atoms with Crippen molar-refractivity contribution in [1.82, 2.24) is 29.1 Å². The first-order valence-electron chi connectivity index (χ1n) is 15.2. The molecule has 3 aromatic heterocycles. The molecule has 3 fully saturated rings. The summed E-state index contributed by atoms with van der Waals surface area (Å²) >= 11 is 1.75. The van der Waals surface area contributed by atoms with Crippen LogP contribution in [0.4, 0.5) is 5.82 Å². The Morgan fingerprint density at radius 2 is 1.65 bits per heavy atom. The molecule has 0 bridgehead atoms. The number of nitrogens with zero attached hydrogens (tertiary/aromatic N) is 6. The molecule has 43 heavy (non-hydrogen) atoms. The van der Waals surface area contributed by atoms with Gasteiger partial charge in [-0.25, -0.2) is 18.4 Å². The molecular formula is C30H39N7O4S2. The van der Waals surface area contributed by atoms with E-state index >= 15 is 0 Å². The summed E-state index contributed by atoms with van der Waals surface area (Å²) in [5, 5.41) is 1.11. The molecule has 3 aliphatic rings. The lowest BCUT2D eigenvalue weighted by molar-refractivity contribution is 0.0380. The van der Waals surface area contributed by atoms with E-state index in [0.717, 1.165) is 104 Å². The summed E-state index contributed by atoms with van der Waals surface area (Å²) < 4.78 is 39.9. The van der Waals surface area contributed by atoms with Crippen LogP contribution in [0, 0.1) is 0 Å². The van der Waals surface area contributed by atoms with E-state index in [1.165, 1.54) is 4.88 Å². The van der Waals surface area contributed by atoms with Gasteiger partial charge in [0.05, 0.1) is 42.4 Å². The van der Waals surface area contributed by atoms with E-state index < -0.39 is 10.0 Å². The maximum Gasteiger partial charge on any atom is 0.214 e. The summed E-state index contributed by atoms with van der Waals surface area (Å²) in [6, 6.07) is 10.5. The molecule has 6 heterocycles. The van der Waals surface area contributed by atoms with Gasteiger partial charge >= 0.3 is 0 Å². The van der Waals surface area contributed by atoms with Crippen LogP contribution in [-0.4, -0.2) is 129 Å². The highest BCUT2D eigenvalue weighted by Gasteiger charge is 2.28. The Morgan fingerprint density at radius 1 is 0.884 bits per heavy atom. The minimum Gasteiger partial charge on any atom is -0.379 e. The molecule has 4 aromatic rings. The van der Waals surface area contributed by atoms with Crippen LogP contribution in [0.5, 0.6) is 0 Å². The number of thiophene rings is 1. The van der Waals surface area contributed by atoms with Crippen LogP contribution in [0.25, 0.3) is 32.5 Å². The van der Waals surface area contributed by atoms with Gasteiger partial charge in [0.25, 0.3) is 0 Å². The van der Waals surface area contributed by atoms with Crippen molar-refractivity contribution in [3.05, 3.63) is 41.4 Å². The highest BCUT2D eigenvalue weighted by molar-refractivity contribution is 7.89. The second-order valence-corrected chi connectivity index (χ2v) is 14.7. The van der Waals surface area contributed by atoms with Gasteiger partial charge in [-0.1, -0.05) is 12.1 Å². The summed E-state index contributed by atoms with van der Waals surface area (Å²) in [4.78, 5) is 21.7. The fourth-order valence-corrected chi connectivity index (χ4v) is 8.87. The van der Waals surface area contributed by atoms with Crippen LogP contribution in [0.3, 0.4) is 0 Å². The molecule has 1 aromatic carbocycles. The molecule has 1 N–H and O–H groups in total. The number of aromatic nitrogens is 3. The van der Waals surface area contributed by atoms with E-state index in [0.29, 0.717) is 32.7 Å². The summed E-state index contributed by atoms with van der Waals surface area (Å²) in [6.07, 6.45) is 2.62. The van der Waals surface area contributed by atoms with Gasteiger partial charge in [-0.05, 0) is 31.2 Å². The maximum absolute atomic E-state index is 13.0. The number of H-pyrrole nitrogens is 1. The average molecular weight is 626 g/mol. The van der Waals surface area contributed by atoms with Gasteiger partial charge < -0.3 is 19.4 Å². The molecule has 0 radical (unpaired) electrons. The number of rotatable bonds is 9. The summed E-state index contributed by atoms with van der Waals surface area (Å²) in [7, 11) is -3.25. The summed E-state index contributed by atoms with van der Waals surface area (Å²) in [6.45, 7) is 10.3. The molecule has 13 heteroatoms. The van der Waals surface area contributed by atoms with E-state index in [9.17, 15) is 8.42 Å². The number of hydrogen-bond acceptors (Lipinski definition) is 10. The number of aromatic amines is 1. The molecule has 7 rings (SSSR count). The predicted octanol–water partition coefficient (Wildman–Crippen LogP) is 2.85. The summed E-state index contributed by atoms with van der Waals surface area (Å²) in [5.41, 5.74) is 3.05. The van der Waals surface area contributed by atoms with Crippen LogP contribution >= 0.6 is 11.3 Å². The Hall–Kier alpha value is -2.65. The predicted molar refractivity (Wildman–Crippen MR) is 170 cm³/mol. The van der Waals surface area contributed by atoms with Crippen molar-refractivity contribution >= 4 is 48.3 Å². The van der Waals surface area contributed by atoms with Crippen molar-refractivity contribution in [2.24, 2.45) is 0 Å². The number of morpholine rings is 2. The summed E-state index contributed by atoms with van der Waals surface area (Å²) in [5.74, 6) is 1.92. The lowest BCUT2D eigenvalue weighted by Gasteiger charge is -2.34. The molecule has 0 spiro atoms. The minimum absolute atomic E-state index is 0.211. The Labute approximate surface area is 256 Å². The Balaban J connectivity index is 1.05. The highest BCUT2D eigenvalue weighted by atomic mass is 32.2. The smallest absolute Gasteiger partial charge is 0.214 e. The molecule has 3 saturated heterocycles. The van der Waals surface area contributed by atoms with Gasteiger partial charge in [0, 0.05) is 86.4 Å². The largest absolute Gasteiger partial charge is 0.379 e. The number of sulfonamides is 1. The van der Waals surface area contributed by atoms with E-state index in [-0.39, 0.29) is 5.75 Å². The van der Waals surface area contributed by atoms with E-state index in [1.807, 2.05) is 12.3 Å². The standard InChI is InChI=1S/C30H39N7O4S2/c38-43(39,20-2-7-34-12-16-40-17-13-34)37-10-8-35(9-11-37)22-23-21-27-28(42-23)30(36-14-18-41-19-15-36)33-29(32-27)25-3-1-4-26-24(25)5-6-31-26/h1,3-6,21,31H,2,7-20,22H2. The van der Waals surface area contributed by atoms with Crippen molar-refractivity contribution < 1.29 is 17.9 Å². The monoisotopic (exact) mass is 625 g/mol. The van der Waals surface area contributed by atoms with Crippen LogP contribution in [0.1, 0.15) is 11.3 Å². The topological polar surface area (TPSA) is 107 Å². The van der Waals surface area contributed by atoms with Crippen molar-refractivity contribution in [2.45, 2.75) is 13.0 Å². The molecule has 11 nitrogen and oxygen atoms in total. The van der Waals surface area contributed by atoms with Crippen molar-refractivity contribution in [2.75, 3.05) is 96.0 Å². The first-order valence-corrected chi connectivity index (χ1v) is 17.7. The van der Waals surface area contributed by atoms with Gasteiger partial charge in [0.1, 0.15) is 0 Å². The number of benzene rings is 1. The number of piperazine rings is 1. The average Bonchev–Trinajstić information content (AvgIpc) is 3.68. The van der Waals surface area contributed by atoms with Crippen molar-refractivity contribution in [3.63, 3.8) is 0 Å². The number of fused-ring (bicyclic) bond motifs is 2. The first-order chi connectivity index (χ1) is 21.0. The molecular weight excluding hydrogens is 587 g/mol. The van der Waals surface area contributed by atoms with E-state index in [1.54, 1.807) is 15.6 Å². The van der Waals surface area contributed by atoms with E-state index in [2.05, 4.69) is 43.9 Å². The number of anilines is 1. The third-order valence-electron chi connectivity index (χ3n) is 8.64. The van der Waals surface area contributed by atoms with Crippen LogP contribution in [-0.2, 0) is 26.0 Å². The highest BCUT2D eigenvalue weighted by Crippen LogP contribution is 2.36. The number of hydrogen-bond donors (Lipinski definition) is 1. The van der Waals surface area contributed by atoms with E-state index in [4.69, 9.17) is 19.4 Å². The lowest BCUT2D eigenvalue weighted by atomic mass is 10.1. The molecule has 3 aliphatic heterocycles. The minimum atomic E-state index is -3.25. The number of ether oxygens (including phenoxy) is 2. The zero-order valence-electron chi connectivity index (χ0n) is 24.4. The molecule has 0 amide bonds. The van der Waals surface area contributed by atoms with Crippen LogP contribution < -0.4 is 4.90 Å². The Kier molecular flexibility index (Phi) is 8.63. The van der Waals surface area contributed by atoms with Gasteiger partial charge in [-0.15, -0.1) is 11.3 Å². The zero-order valence-corrected chi connectivity index (χ0v) is 26.0. The maximum atomic E-state index is 13.0. The zero-order chi connectivity index (χ0) is 29.2. The van der Waals surface area contributed by atoms with Crippen LogP contribution in [0.15, 0.2) is 36.5 Å². The third-order valence-corrected chi connectivity index (χ3v) is 11.7. The second-order valence-electron chi connectivity index (χ2n) is 11.4. The lowest BCUT2D eigenvalue weighted by Crippen LogP contribution is -2.49. The van der Waals surface area contributed by atoms with Crippen molar-refractivity contribution in [1.29, 1.82) is 0 Å².